The highest BCUT2D eigenvalue weighted by atomic mass is 79.9. The predicted octanol–water partition coefficient (Wildman–Crippen LogP) is 4.47. The average molecular weight is 304 g/mol. The molecule has 1 aromatic rings. The van der Waals surface area contributed by atoms with Crippen LogP contribution < -0.4 is 5.32 Å². The molecule has 1 aromatic heterocycles. The van der Waals surface area contributed by atoms with Gasteiger partial charge in [0.05, 0.1) is 3.79 Å². The Morgan fingerprint density at radius 3 is 2.56 bits per heavy atom. The van der Waals surface area contributed by atoms with Crippen LogP contribution in [0, 0.1) is 5.92 Å². The lowest BCUT2D eigenvalue weighted by atomic mass is 10.0. The first-order valence-corrected chi connectivity index (χ1v) is 7.47. The number of hydrogen-bond acceptors (Lipinski definition) is 2. The largest absolute Gasteiger partial charge is 0.312 e. The molecule has 1 N–H and O–H groups in total. The molecule has 0 bridgehead atoms. The molecule has 1 heterocycles. The first-order chi connectivity index (χ1) is 7.37. The van der Waals surface area contributed by atoms with E-state index >= 15 is 0 Å². The van der Waals surface area contributed by atoms with E-state index in [9.17, 15) is 0 Å². The summed E-state index contributed by atoms with van der Waals surface area (Å²) in [5.41, 5.74) is 0.236. The van der Waals surface area contributed by atoms with Crippen LogP contribution in [0.5, 0.6) is 0 Å². The van der Waals surface area contributed by atoms with Crippen LogP contribution in [0.25, 0.3) is 0 Å². The molecular weight excluding hydrogens is 282 g/mol. The molecular formula is C13H22BrNS. The SMILES string of the molecule is CC(CCc1ccc(Br)s1)CNC(C)(C)C. The van der Waals surface area contributed by atoms with Crippen molar-refractivity contribution in [2.75, 3.05) is 6.54 Å². The summed E-state index contributed by atoms with van der Waals surface area (Å²) in [7, 11) is 0. The molecule has 0 fully saturated rings. The van der Waals surface area contributed by atoms with Crippen molar-refractivity contribution in [3.63, 3.8) is 0 Å². The lowest BCUT2D eigenvalue weighted by molar-refractivity contribution is 0.373. The molecule has 0 saturated carbocycles. The molecule has 0 aliphatic heterocycles. The van der Waals surface area contributed by atoms with Crippen molar-refractivity contribution in [3.05, 3.63) is 20.8 Å². The topological polar surface area (TPSA) is 12.0 Å². The van der Waals surface area contributed by atoms with Crippen LogP contribution in [0.15, 0.2) is 15.9 Å². The highest BCUT2D eigenvalue weighted by Gasteiger charge is 2.11. The molecule has 1 nitrogen and oxygen atoms in total. The quantitative estimate of drug-likeness (QED) is 0.846. The van der Waals surface area contributed by atoms with E-state index in [0.717, 1.165) is 12.5 Å². The Morgan fingerprint density at radius 1 is 1.38 bits per heavy atom. The highest BCUT2D eigenvalue weighted by molar-refractivity contribution is 9.11. The number of aryl methyl sites for hydroxylation is 1. The Kier molecular flexibility index (Phi) is 5.48. The zero-order chi connectivity index (χ0) is 12.2. The van der Waals surface area contributed by atoms with Gasteiger partial charge in [0.2, 0.25) is 0 Å². The van der Waals surface area contributed by atoms with Crippen LogP contribution >= 0.6 is 27.3 Å². The molecule has 0 aromatic carbocycles. The molecule has 1 rings (SSSR count). The Morgan fingerprint density at radius 2 is 2.06 bits per heavy atom. The van der Waals surface area contributed by atoms with Crippen LogP contribution in [0.2, 0.25) is 0 Å². The van der Waals surface area contributed by atoms with Crippen molar-refractivity contribution >= 4 is 27.3 Å². The third-order valence-corrected chi connectivity index (χ3v) is 4.18. The van der Waals surface area contributed by atoms with Gasteiger partial charge in [-0.3, -0.25) is 0 Å². The number of halogens is 1. The lowest BCUT2D eigenvalue weighted by Crippen LogP contribution is -2.38. The smallest absolute Gasteiger partial charge is 0.0701 e. The third-order valence-electron chi connectivity index (χ3n) is 2.49. The third kappa shape index (κ3) is 6.02. The molecule has 16 heavy (non-hydrogen) atoms. The molecule has 92 valence electrons. The predicted molar refractivity (Wildman–Crippen MR) is 77.3 cm³/mol. The molecule has 0 radical (unpaired) electrons. The van der Waals surface area contributed by atoms with Gasteiger partial charge in [-0.1, -0.05) is 6.92 Å². The summed E-state index contributed by atoms with van der Waals surface area (Å²) in [5, 5.41) is 3.56. The minimum Gasteiger partial charge on any atom is -0.312 e. The van der Waals surface area contributed by atoms with Gasteiger partial charge in [0.1, 0.15) is 0 Å². The average Bonchev–Trinajstić information content (AvgIpc) is 2.57. The van der Waals surface area contributed by atoms with Crippen LogP contribution in [0.4, 0.5) is 0 Å². The fraction of sp³-hybridized carbons (Fsp3) is 0.692. The van der Waals surface area contributed by atoms with Gasteiger partial charge in [0.25, 0.3) is 0 Å². The molecule has 3 heteroatoms. The van der Waals surface area contributed by atoms with Crippen LogP contribution in [0.1, 0.15) is 39.0 Å². The van der Waals surface area contributed by atoms with Gasteiger partial charge in [0, 0.05) is 10.4 Å². The summed E-state index contributed by atoms with van der Waals surface area (Å²) < 4.78 is 1.24. The fourth-order valence-corrected chi connectivity index (χ4v) is 2.96. The second kappa shape index (κ2) is 6.18. The van der Waals surface area contributed by atoms with Gasteiger partial charge in [-0.25, -0.2) is 0 Å². The zero-order valence-corrected chi connectivity index (χ0v) is 13.0. The summed E-state index contributed by atoms with van der Waals surface area (Å²) in [6.07, 6.45) is 2.46. The summed E-state index contributed by atoms with van der Waals surface area (Å²) >= 11 is 5.35. The molecule has 0 aliphatic rings. The van der Waals surface area contributed by atoms with Crippen LogP contribution in [0.3, 0.4) is 0 Å². The first kappa shape index (κ1) is 14.2. The minimum absolute atomic E-state index is 0.236. The molecule has 0 aliphatic carbocycles. The number of hydrogen-bond donors (Lipinski definition) is 1. The summed E-state index contributed by atoms with van der Waals surface area (Å²) in [5.74, 6) is 0.736. The molecule has 0 spiro atoms. The number of thiophene rings is 1. The zero-order valence-electron chi connectivity index (χ0n) is 10.6. The first-order valence-electron chi connectivity index (χ1n) is 5.86. The number of rotatable bonds is 5. The van der Waals surface area contributed by atoms with Crippen molar-refractivity contribution in [3.8, 4) is 0 Å². The maximum Gasteiger partial charge on any atom is 0.0701 e. The monoisotopic (exact) mass is 303 g/mol. The van der Waals surface area contributed by atoms with Crippen molar-refractivity contribution in [2.24, 2.45) is 5.92 Å². The second-order valence-corrected chi connectivity index (χ2v) is 8.03. The maximum absolute atomic E-state index is 3.56. The van der Waals surface area contributed by atoms with Crippen molar-refractivity contribution in [2.45, 2.75) is 46.1 Å². The summed E-state index contributed by atoms with van der Waals surface area (Å²) in [4.78, 5) is 1.48. The Hall–Kier alpha value is 0.140. The molecule has 0 amide bonds. The van der Waals surface area contributed by atoms with E-state index in [-0.39, 0.29) is 5.54 Å². The standard InChI is InChI=1S/C13H22BrNS/c1-10(9-15-13(2,3)4)5-6-11-7-8-12(14)16-11/h7-8,10,15H,5-6,9H2,1-4H3. The van der Waals surface area contributed by atoms with Gasteiger partial charge >= 0.3 is 0 Å². The van der Waals surface area contributed by atoms with Crippen molar-refractivity contribution < 1.29 is 0 Å². The molecule has 1 atom stereocenters. The van der Waals surface area contributed by atoms with E-state index in [2.05, 4.69) is 61.1 Å². The van der Waals surface area contributed by atoms with Gasteiger partial charge in [-0.15, -0.1) is 11.3 Å². The van der Waals surface area contributed by atoms with Crippen molar-refractivity contribution in [1.82, 2.24) is 5.32 Å². The summed E-state index contributed by atoms with van der Waals surface area (Å²) in [6, 6.07) is 4.36. The molecule has 1 unspecified atom stereocenters. The van der Waals surface area contributed by atoms with Gasteiger partial charge in [-0.05, 0) is 74.1 Å². The van der Waals surface area contributed by atoms with E-state index in [1.54, 1.807) is 0 Å². The minimum atomic E-state index is 0.236. The second-order valence-electron chi connectivity index (χ2n) is 5.48. The lowest BCUT2D eigenvalue weighted by Gasteiger charge is -2.23. The van der Waals surface area contributed by atoms with Crippen LogP contribution in [-0.2, 0) is 6.42 Å². The maximum atomic E-state index is 3.56. The van der Waals surface area contributed by atoms with Gasteiger partial charge < -0.3 is 5.32 Å². The van der Waals surface area contributed by atoms with Gasteiger partial charge in [0.15, 0.2) is 0 Å². The van der Waals surface area contributed by atoms with E-state index < -0.39 is 0 Å². The normalized spacial score (nSPS) is 14.1. The number of nitrogens with one attached hydrogen (secondary N) is 1. The van der Waals surface area contributed by atoms with Gasteiger partial charge in [-0.2, -0.15) is 0 Å². The van der Waals surface area contributed by atoms with E-state index in [4.69, 9.17) is 0 Å². The van der Waals surface area contributed by atoms with Crippen molar-refractivity contribution in [1.29, 1.82) is 0 Å². The van der Waals surface area contributed by atoms with E-state index in [0.29, 0.717) is 0 Å². The Bertz CT molecular complexity index is 314. The van der Waals surface area contributed by atoms with Crippen LogP contribution in [-0.4, -0.2) is 12.1 Å². The Labute approximate surface area is 112 Å². The molecule has 0 saturated heterocycles. The van der Waals surface area contributed by atoms with E-state index in [1.807, 2.05) is 11.3 Å². The Balaban J connectivity index is 2.22. The highest BCUT2D eigenvalue weighted by Crippen LogP contribution is 2.24. The van der Waals surface area contributed by atoms with E-state index in [1.165, 1.54) is 21.5 Å². The fourth-order valence-electron chi connectivity index (χ4n) is 1.46. The summed E-state index contributed by atoms with van der Waals surface area (Å²) in [6.45, 7) is 10.1.